The van der Waals surface area contributed by atoms with Gasteiger partial charge in [0.1, 0.15) is 17.5 Å². The number of hydrogen-bond donors (Lipinski definition) is 1. The highest BCUT2D eigenvalue weighted by Gasteiger charge is 2.28. The van der Waals surface area contributed by atoms with Crippen LogP contribution < -0.4 is 14.8 Å². The van der Waals surface area contributed by atoms with Crippen molar-refractivity contribution in [1.29, 1.82) is 0 Å². The SMILES string of the molecule is COc1ccc(OCCCC(=O)N(Cc2ccc(C)cc2)C(C)C(=O)NC2CCCC2)cc1. The Morgan fingerprint density at radius 3 is 2.30 bits per heavy atom. The van der Waals surface area contributed by atoms with E-state index >= 15 is 0 Å². The number of carbonyl (C=O) groups is 2. The van der Waals surface area contributed by atoms with E-state index in [9.17, 15) is 9.59 Å². The fourth-order valence-electron chi connectivity index (χ4n) is 4.09. The van der Waals surface area contributed by atoms with Gasteiger partial charge in [-0.1, -0.05) is 42.7 Å². The molecule has 6 nitrogen and oxygen atoms in total. The number of hydrogen-bond acceptors (Lipinski definition) is 4. The summed E-state index contributed by atoms with van der Waals surface area (Å²) < 4.78 is 10.9. The summed E-state index contributed by atoms with van der Waals surface area (Å²) in [5, 5.41) is 3.14. The minimum atomic E-state index is -0.526. The normalized spacial score (nSPS) is 14.5. The molecule has 0 heterocycles. The number of benzene rings is 2. The molecule has 33 heavy (non-hydrogen) atoms. The highest BCUT2D eigenvalue weighted by Crippen LogP contribution is 2.20. The molecule has 0 radical (unpaired) electrons. The van der Waals surface area contributed by atoms with E-state index in [1.54, 1.807) is 12.0 Å². The zero-order valence-electron chi connectivity index (χ0n) is 20.0. The lowest BCUT2D eigenvalue weighted by molar-refractivity contribution is -0.141. The quantitative estimate of drug-likeness (QED) is 0.505. The van der Waals surface area contributed by atoms with Crippen molar-refractivity contribution >= 4 is 11.8 Å². The molecule has 6 heteroatoms. The van der Waals surface area contributed by atoms with Crippen LogP contribution in [0.1, 0.15) is 56.6 Å². The summed E-state index contributed by atoms with van der Waals surface area (Å²) in [5.41, 5.74) is 2.18. The molecule has 1 aliphatic rings. The lowest BCUT2D eigenvalue weighted by Crippen LogP contribution is -2.49. The summed E-state index contributed by atoms with van der Waals surface area (Å²) in [5.74, 6) is 1.40. The van der Waals surface area contributed by atoms with Crippen LogP contribution in [0.15, 0.2) is 48.5 Å². The van der Waals surface area contributed by atoms with Crippen LogP contribution in [0, 0.1) is 6.92 Å². The lowest BCUT2D eigenvalue weighted by atomic mass is 10.1. The molecule has 178 valence electrons. The smallest absolute Gasteiger partial charge is 0.242 e. The van der Waals surface area contributed by atoms with Crippen molar-refractivity contribution in [2.75, 3.05) is 13.7 Å². The molecule has 1 N–H and O–H groups in total. The van der Waals surface area contributed by atoms with E-state index < -0.39 is 6.04 Å². The highest BCUT2D eigenvalue weighted by atomic mass is 16.5. The molecule has 1 fully saturated rings. The Morgan fingerprint density at radius 2 is 1.67 bits per heavy atom. The number of methoxy groups -OCH3 is 1. The second-order valence-corrected chi connectivity index (χ2v) is 8.80. The molecule has 0 spiro atoms. The van der Waals surface area contributed by atoms with E-state index in [0.717, 1.165) is 42.7 Å². The molecule has 2 aromatic rings. The average Bonchev–Trinajstić information content (AvgIpc) is 3.34. The third kappa shape index (κ3) is 7.52. The van der Waals surface area contributed by atoms with Crippen LogP contribution in [0.5, 0.6) is 11.5 Å². The van der Waals surface area contributed by atoms with Crippen LogP contribution in [-0.2, 0) is 16.1 Å². The van der Waals surface area contributed by atoms with Gasteiger partial charge < -0.3 is 19.7 Å². The topological polar surface area (TPSA) is 67.9 Å². The van der Waals surface area contributed by atoms with E-state index in [1.807, 2.05) is 62.4 Å². The van der Waals surface area contributed by atoms with Gasteiger partial charge in [-0.25, -0.2) is 0 Å². The Bertz CT molecular complexity index is 889. The fraction of sp³-hybridized carbons (Fsp3) is 0.481. The molecule has 2 amide bonds. The predicted octanol–water partition coefficient (Wildman–Crippen LogP) is 4.64. The minimum absolute atomic E-state index is 0.0389. The molecule has 2 aromatic carbocycles. The minimum Gasteiger partial charge on any atom is -0.497 e. The zero-order chi connectivity index (χ0) is 23.6. The predicted molar refractivity (Wildman–Crippen MR) is 129 cm³/mol. The van der Waals surface area contributed by atoms with Crippen molar-refractivity contribution in [3.05, 3.63) is 59.7 Å². The number of aryl methyl sites for hydroxylation is 1. The van der Waals surface area contributed by atoms with Crippen LogP contribution in [0.3, 0.4) is 0 Å². The first-order chi connectivity index (χ1) is 16.0. The maximum atomic E-state index is 13.2. The Balaban J connectivity index is 1.57. The van der Waals surface area contributed by atoms with Crippen molar-refractivity contribution in [2.45, 2.75) is 71.0 Å². The first-order valence-corrected chi connectivity index (χ1v) is 11.9. The van der Waals surface area contributed by atoms with E-state index in [-0.39, 0.29) is 17.9 Å². The van der Waals surface area contributed by atoms with Crippen molar-refractivity contribution < 1.29 is 19.1 Å². The molecule has 0 saturated heterocycles. The number of amides is 2. The summed E-state index contributed by atoms with van der Waals surface area (Å²) in [6.07, 6.45) is 5.24. The molecule has 1 saturated carbocycles. The monoisotopic (exact) mass is 452 g/mol. The summed E-state index contributed by atoms with van der Waals surface area (Å²) in [6, 6.07) is 15.2. The molecule has 1 unspecified atom stereocenters. The van der Waals surface area contributed by atoms with Gasteiger partial charge in [0, 0.05) is 19.0 Å². The number of rotatable bonds is 11. The van der Waals surface area contributed by atoms with Crippen LogP contribution in [-0.4, -0.2) is 42.5 Å². The first-order valence-electron chi connectivity index (χ1n) is 11.9. The summed E-state index contributed by atoms with van der Waals surface area (Å²) in [4.78, 5) is 27.8. The van der Waals surface area contributed by atoms with Gasteiger partial charge in [-0.2, -0.15) is 0 Å². The van der Waals surface area contributed by atoms with Crippen LogP contribution in [0.25, 0.3) is 0 Å². The second kappa shape index (κ2) is 12.3. The van der Waals surface area contributed by atoms with Gasteiger partial charge in [0.05, 0.1) is 13.7 Å². The third-order valence-corrected chi connectivity index (χ3v) is 6.21. The third-order valence-electron chi connectivity index (χ3n) is 6.21. The maximum Gasteiger partial charge on any atom is 0.242 e. The van der Waals surface area contributed by atoms with Crippen LogP contribution in [0.2, 0.25) is 0 Å². The molecule has 0 bridgehead atoms. The molecular weight excluding hydrogens is 416 g/mol. The summed E-state index contributed by atoms with van der Waals surface area (Å²) in [6.45, 7) is 4.70. The molecule has 0 aromatic heterocycles. The number of ether oxygens (including phenoxy) is 2. The van der Waals surface area contributed by atoms with Gasteiger partial charge in [0.15, 0.2) is 0 Å². The van der Waals surface area contributed by atoms with E-state index in [0.29, 0.717) is 26.0 Å². The van der Waals surface area contributed by atoms with Crippen LogP contribution in [0.4, 0.5) is 0 Å². The van der Waals surface area contributed by atoms with Crippen molar-refractivity contribution in [3.63, 3.8) is 0 Å². The van der Waals surface area contributed by atoms with E-state index in [1.165, 1.54) is 5.56 Å². The Kier molecular flexibility index (Phi) is 9.16. The van der Waals surface area contributed by atoms with Gasteiger partial charge in [-0.15, -0.1) is 0 Å². The van der Waals surface area contributed by atoms with Crippen molar-refractivity contribution in [2.24, 2.45) is 0 Å². The number of carbonyl (C=O) groups excluding carboxylic acids is 2. The van der Waals surface area contributed by atoms with E-state index in [2.05, 4.69) is 5.32 Å². The van der Waals surface area contributed by atoms with Crippen molar-refractivity contribution in [1.82, 2.24) is 10.2 Å². The Morgan fingerprint density at radius 1 is 1.03 bits per heavy atom. The van der Waals surface area contributed by atoms with Crippen molar-refractivity contribution in [3.8, 4) is 11.5 Å². The van der Waals surface area contributed by atoms with E-state index in [4.69, 9.17) is 9.47 Å². The molecule has 1 atom stereocenters. The molecule has 3 rings (SSSR count). The Hall–Kier alpha value is -3.02. The van der Waals surface area contributed by atoms with Crippen LogP contribution >= 0.6 is 0 Å². The highest BCUT2D eigenvalue weighted by molar-refractivity contribution is 5.87. The average molecular weight is 453 g/mol. The van der Waals surface area contributed by atoms with Gasteiger partial charge >= 0.3 is 0 Å². The lowest BCUT2D eigenvalue weighted by Gasteiger charge is -2.30. The molecule has 1 aliphatic carbocycles. The molecular formula is C27H36N2O4. The molecule has 0 aliphatic heterocycles. The standard InChI is InChI=1S/C27H36N2O4/c1-20-10-12-22(13-11-20)19-29(21(2)27(31)28-23-7-4-5-8-23)26(30)9-6-18-33-25-16-14-24(32-3)15-17-25/h10-17,21,23H,4-9,18-19H2,1-3H3,(H,28,31). The first kappa shape index (κ1) is 24.6. The maximum absolute atomic E-state index is 13.2. The Labute approximate surface area is 197 Å². The van der Waals surface area contributed by atoms with Gasteiger partial charge in [-0.05, 0) is 62.9 Å². The second-order valence-electron chi connectivity index (χ2n) is 8.80. The van der Waals surface area contributed by atoms with Gasteiger partial charge in [0.25, 0.3) is 0 Å². The fourth-order valence-corrected chi connectivity index (χ4v) is 4.09. The summed E-state index contributed by atoms with van der Waals surface area (Å²) in [7, 11) is 1.62. The van der Waals surface area contributed by atoms with Gasteiger partial charge in [0.2, 0.25) is 11.8 Å². The summed E-state index contributed by atoms with van der Waals surface area (Å²) >= 11 is 0. The zero-order valence-corrected chi connectivity index (χ0v) is 20.0. The number of nitrogens with one attached hydrogen (secondary N) is 1. The van der Waals surface area contributed by atoms with Gasteiger partial charge in [-0.3, -0.25) is 9.59 Å². The number of nitrogens with zero attached hydrogens (tertiary/aromatic N) is 1. The largest absolute Gasteiger partial charge is 0.497 e.